The predicted octanol–water partition coefficient (Wildman–Crippen LogP) is 3.28. The molecule has 4 rings (SSSR count). The van der Waals surface area contributed by atoms with Crippen LogP contribution in [0.2, 0.25) is 0 Å². The Labute approximate surface area is 158 Å². The molecule has 0 saturated carbocycles. The zero-order chi connectivity index (χ0) is 18.8. The van der Waals surface area contributed by atoms with Crippen LogP contribution in [0.1, 0.15) is 0 Å². The van der Waals surface area contributed by atoms with Gasteiger partial charge in [0.05, 0.1) is 16.4 Å². The molecular weight excluding hydrogens is 362 g/mol. The molecule has 0 aliphatic heterocycles. The van der Waals surface area contributed by atoms with E-state index >= 15 is 0 Å². The van der Waals surface area contributed by atoms with Crippen LogP contribution in [-0.4, -0.2) is 19.9 Å². The van der Waals surface area contributed by atoms with Crippen molar-refractivity contribution >= 4 is 33.8 Å². The van der Waals surface area contributed by atoms with Crippen molar-refractivity contribution in [3.05, 3.63) is 82.1 Å². The number of oxazole rings is 1. The summed E-state index contributed by atoms with van der Waals surface area (Å²) in [6.07, 6.45) is 1.68. The molecule has 0 fully saturated rings. The monoisotopic (exact) mass is 379 g/mol. The van der Waals surface area contributed by atoms with Crippen LogP contribution in [0.4, 0.5) is 0 Å². The summed E-state index contributed by atoms with van der Waals surface area (Å²) >= 11 is 1.43. The molecule has 0 unspecified atom stereocenters. The second-order valence-corrected chi connectivity index (χ2v) is 7.01. The molecule has 2 aromatic carbocycles. The zero-order valence-electron chi connectivity index (χ0n) is 14.5. The Morgan fingerprint density at radius 1 is 1.07 bits per heavy atom. The van der Waals surface area contributed by atoms with E-state index in [4.69, 9.17) is 4.42 Å². The average molecular weight is 379 g/mol. The van der Waals surface area contributed by atoms with Gasteiger partial charge in [0.2, 0.25) is 0 Å². The Balaban J connectivity index is 1.64. The Kier molecular flexibility index (Phi) is 4.68. The maximum absolute atomic E-state index is 12.8. The van der Waals surface area contributed by atoms with Crippen molar-refractivity contribution < 1.29 is 4.42 Å². The maximum Gasteiger partial charge on any atom is 0.419 e. The number of hydrogen-bond acceptors (Lipinski definition) is 5. The van der Waals surface area contributed by atoms with Gasteiger partial charge in [-0.25, -0.2) is 9.78 Å². The lowest BCUT2D eigenvalue weighted by Crippen LogP contribution is -2.23. The van der Waals surface area contributed by atoms with Crippen LogP contribution in [0.5, 0.6) is 0 Å². The first-order chi connectivity index (χ1) is 13.2. The average Bonchev–Trinajstić information content (AvgIpc) is 3.00. The van der Waals surface area contributed by atoms with Crippen molar-refractivity contribution in [2.45, 2.75) is 18.2 Å². The molecule has 0 radical (unpaired) electrons. The van der Waals surface area contributed by atoms with Crippen LogP contribution in [0.3, 0.4) is 0 Å². The molecule has 0 amide bonds. The fourth-order valence-corrected chi connectivity index (χ4v) is 3.93. The van der Waals surface area contributed by atoms with Crippen LogP contribution >= 0.6 is 11.8 Å². The quantitative estimate of drug-likeness (QED) is 0.292. The van der Waals surface area contributed by atoms with E-state index in [0.29, 0.717) is 40.5 Å². The van der Waals surface area contributed by atoms with E-state index in [1.807, 2.05) is 36.4 Å². The minimum atomic E-state index is -0.383. The van der Waals surface area contributed by atoms with Crippen molar-refractivity contribution in [2.75, 3.05) is 5.75 Å². The summed E-state index contributed by atoms with van der Waals surface area (Å²) in [6.45, 7) is 4.57. The summed E-state index contributed by atoms with van der Waals surface area (Å²) in [5.41, 5.74) is 1.91. The highest BCUT2D eigenvalue weighted by atomic mass is 32.2. The van der Waals surface area contributed by atoms with Gasteiger partial charge < -0.3 is 4.42 Å². The van der Waals surface area contributed by atoms with Crippen LogP contribution in [0, 0.1) is 0 Å². The molecule has 2 aromatic heterocycles. The molecule has 0 aliphatic carbocycles. The maximum atomic E-state index is 12.8. The molecule has 27 heavy (non-hydrogen) atoms. The Morgan fingerprint density at radius 3 is 2.70 bits per heavy atom. The van der Waals surface area contributed by atoms with E-state index in [2.05, 4.69) is 11.6 Å². The lowest BCUT2D eigenvalue weighted by atomic mass is 10.2. The van der Waals surface area contributed by atoms with Gasteiger partial charge in [0.1, 0.15) is 0 Å². The van der Waals surface area contributed by atoms with E-state index in [1.54, 1.807) is 27.3 Å². The summed E-state index contributed by atoms with van der Waals surface area (Å²) < 4.78 is 8.46. The number of nitrogens with zero attached hydrogens (tertiary/aromatic N) is 3. The van der Waals surface area contributed by atoms with Gasteiger partial charge in [-0.2, -0.15) is 0 Å². The van der Waals surface area contributed by atoms with E-state index in [0.717, 1.165) is 5.52 Å². The number of benzene rings is 2. The molecule has 4 aromatic rings. The molecule has 136 valence electrons. The molecule has 2 heterocycles. The third-order valence-corrected chi connectivity index (χ3v) is 5.21. The number of hydrogen-bond donors (Lipinski definition) is 0. The van der Waals surface area contributed by atoms with Gasteiger partial charge in [-0.15, -0.1) is 6.58 Å². The van der Waals surface area contributed by atoms with E-state index in [-0.39, 0.29) is 11.3 Å². The van der Waals surface area contributed by atoms with Crippen LogP contribution in [0.25, 0.3) is 22.0 Å². The van der Waals surface area contributed by atoms with Crippen molar-refractivity contribution in [2.24, 2.45) is 0 Å². The van der Waals surface area contributed by atoms with Gasteiger partial charge in [0.15, 0.2) is 10.7 Å². The fourth-order valence-electron chi connectivity index (χ4n) is 3.00. The molecule has 0 N–H and O–H groups in total. The minimum Gasteiger partial charge on any atom is -0.408 e. The van der Waals surface area contributed by atoms with Crippen molar-refractivity contribution in [3.63, 3.8) is 0 Å². The summed E-state index contributed by atoms with van der Waals surface area (Å²) in [6, 6.07) is 14.6. The largest absolute Gasteiger partial charge is 0.419 e. The minimum absolute atomic E-state index is 0.0890. The number of aryl methyl sites for hydroxylation is 1. The second kappa shape index (κ2) is 7.28. The third-order valence-electron chi connectivity index (χ3n) is 4.26. The molecule has 0 saturated heterocycles. The Hall–Kier alpha value is -3.06. The van der Waals surface area contributed by atoms with Crippen molar-refractivity contribution in [3.8, 4) is 0 Å². The van der Waals surface area contributed by atoms with Gasteiger partial charge in [-0.1, -0.05) is 42.1 Å². The van der Waals surface area contributed by atoms with Gasteiger partial charge >= 0.3 is 5.76 Å². The Morgan fingerprint density at radius 2 is 1.85 bits per heavy atom. The molecule has 7 heteroatoms. The SMILES string of the molecule is C=CCn1c(SCCn2c(=O)oc3ccccc32)nc2ccccc2c1=O. The van der Waals surface area contributed by atoms with E-state index < -0.39 is 0 Å². The van der Waals surface area contributed by atoms with Crippen molar-refractivity contribution in [1.29, 1.82) is 0 Å². The lowest BCUT2D eigenvalue weighted by Gasteiger charge is -2.11. The number of aromatic nitrogens is 3. The van der Waals surface area contributed by atoms with Gasteiger partial charge in [-0.05, 0) is 24.3 Å². The summed E-state index contributed by atoms with van der Waals surface area (Å²) in [7, 11) is 0. The molecule has 0 aliphatic rings. The number of fused-ring (bicyclic) bond motifs is 2. The van der Waals surface area contributed by atoms with Crippen LogP contribution in [-0.2, 0) is 13.1 Å². The molecule has 0 atom stereocenters. The van der Waals surface area contributed by atoms with Crippen LogP contribution in [0.15, 0.2) is 80.3 Å². The number of allylic oxidation sites excluding steroid dienone is 1. The highest BCUT2D eigenvalue weighted by Crippen LogP contribution is 2.19. The van der Waals surface area contributed by atoms with Gasteiger partial charge in [0.25, 0.3) is 5.56 Å². The molecule has 6 nitrogen and oxygen atoms in total. The topological polar surface area (TPSA) is 70.0 Å². The second-order valence-electron chi connectivity index (χ2n) is 5.95. The normalized spacial score (nSPS) is 11.3. The molecule has 0 bridgehead atoms. The highest BCUT2D eigenvalue weighted by molar-refractivity contribution is 7.99. The summed E-state index contributed by atoms with van der Waals surface area (Å²) in [5, 5.41) is 1.19. The fraction of sp³-hybridized carbons (Fsp3) is 0.150. The Bertz CT molecular complexity index is 1250. The third kappa shape index (κ3) is 3.21. The smallest absolute Gasteiger partial charge is 0.408 e. The number of para-hydroxylation sites is 3. The first kappa shape index (κ1) is 17.4. The number of rotatable bonds is 6. The predicted molar refractivity (Wildman–Crippen MR) is 107 cm³/mol. The van der Waals surface area contributed by atoms with E-state index in [9.17, 15) is 9.59 Å². The first-order valence-electron chi connectivity index (χ1n) is 8.50. The van der Waals surface area contributed by atoms with Gasteiger partial charge in [-0.3, -0.25) is 13.9 Å². The zero-order valence-corrected chi connectivity index (χ0v) is 15.3. The summed E-state index contributed by atoms with van der Waals surface area (Å²) in [4.78, 5) is 29.5. The highest BCUT2D eigenvalue weighted by Gasteiger charge is 2.12. The molecular formula is C20H17N3O3S. The number of thioether (sulfide) groups is 1. The van der Waals surface area contributed by atoms with Crippen LogP contribution < -0.4 is 11.3 Å². The molecule has 0 spiro atoms. The summed E-state index contributed by atoms with van der Waals surface area (Å²) in [5.74, 6) is 0.192. The first-order valence-corrected chi connectivity index (χ1v) is 9.49. The van der Waals surface area contributed by atoms with Gasteiger partial charge in [0, 0.05) is 18.8 Å². The standard InChI is InChI=1S/C20H17N3O3S/c1-2-11-23-18(24)14-7-3-4-8-15(14)21-19(23)27-13-12-22-16-9-5-6-10-17(16)26-20(22)25/h2-10H,1,11-13H2. The van der Waals surface area contributed by atoms with Crippen molar-refractivity contribution in [1.82, 2.24) is 14.1 Å². The van der Waals surface area contributed by atoms with E-state index in [1.165, 1.54) is 11.8 Å². The lowest BCUT2D eigenvalue weighted by molar-refractivity contribution is 0.514.